The Morgan fingerprint density at radius 3 is 2.67 bits per heavy atom. The van der Waals surface area contributed by atoms with Gasteiger partial charge in [0.15, 0.2) is 12.4 Å². The molecule has 1 aliphatic carbocycles. The van der Waals surface area contributed by atoms with Crippen LogP contribution in [0.1, 0.15) is 67.1 Å². The highest BCUT2D eigenvalue weighted by molar-refractivity contribution is 5.99. The molecule has 0 saturated carbocycles. The Kier molecular flexibility index (Phi) is 7.22. The molecule has 3 rings (SSSR count). The lowest BCUT2D eigenvalue weighted by molar-refractivity contribution is -0.124. The first-order chi connectivity index (χ1) is 14.5. The summed E-state index contributed by atoms with van der Waals surface area (Å²) in [7, 11) is 0. The van der Waals surface area contributed by atoms with E-state index in [1.165, 1.54) is 12.5 Å². The fourth-order valence-electron chi connectivity index (χ4n) is 3.74. The van der Waals surface area contributed by atoms with Crippen molar-refractivity contribution in [3.63, 3.8) is 0 Å². The van der Waals surface area contributed by atoms with Gasteiger partial charge in [0.05, 0.1) is 11.6 Å². The first kappa shape index (κ1) is 21.6. The van der Waals surface area contributed by atoms with Crippen molar-refractivity contribution in [2.24, 2.45) is 0 Å². The van der Waals surface area contributed by atoms with Gasteiger partial charge in [0.2, 0.25) is 5.91 Å². The highest BCUT2D eigenvalue weighted by Crippen LogP contribution is 2.29. The summed E-state index contributed by atoms with van der Waals surface area (Å²) in [6.45, 7) is 3.17. The molecule has 1 atom stereocenters. The largest absolute Gasteiger partial charge is 0.483 e. The van der Waals surface area contributed by atoms with Gasteiger partial charge in [0.25, 0.3) is 5.91 Å². The number of amides is 2. The fraction of sp³-hybridized carbons (Fsp3) is 0.375. The average molecular weight is 408 g/mol. The van der Waals surface area contributed by atoms with Gasteiger partial charge in [-0.3, -0.25) is 14.4 Å². The van der Waals surface area contributed by atoms with Crippen LogP contribution >= 0.6 is 0 Å². The van der Waals surface area contributed by atoms with Crippen LogP contribution in [0.3, 0.4) is 0 Å². The van der Waals surface area contributed by atoms with Crippen LogP contribution in [-0.4, -0.2) is 24.2 Å². The van der Waals surface area contributed by atoms with Gasteiger partial charge in [0, 0.05) is 12.1 Å². The van der Waals surface area contributed by atoms with Gasteiger partial charge in [-0.25, -0.2) is 0 Å². The maximum Gasteiger partial charge on any atom is 0.258 e. The summed E-state index contributed by atoms with van der Waals surface area (Å²) in [5.74, 6) is -0.201. The average Bonchev–Trinajstić information content (AvgIpc) is 2.73. The lowest BCUT2D eigenvalue weighted by Gasteiger charge is -2.26. The number of aryl methyl sites for hydroxylation is 1. The van der Waals surface area contributed by atoms with E-state index in [1.54, 1.807) is 18.2 Å². The zero-order chi connectivity index (χ0) is 21.5. The zero-order valence-electron chi connectivity index (χ0n) is 17.5. The van der Waals surface area contributed by atoms with Crippen molar-refractivity contribution >= 4 is 23.3 Å². The number of rotatable bonds is 8. The number of hydrogen-bond acceptors (Lipinski definition) is 4. The molecule has 2 amide bonds. The van der Waals surface area contributed by atoms with E-state index >= 15 is 0 Å². The summed E-state index contributed by atoms with van der Waals surface area (Å²) in [4.78, 5) is 36.3. The van der Waals surface area contributed by atoms with Crippen molar-refractivity contribution in [1.29, 1.82) is 0 Å². The van der Waals surface area contributed by atoms with Crippen LogP contribution in [0.15, 0.2) is 42.5 Å². The van der Waals surface area contributed by atoms with E-state index in [0.29, 0.717) is 23.4 Å². The van der Waals surface area contributed by atoms with E-state index in [1.807, 2.05) is 19.1 Å². The van der Waals surface area contributed by atoms with Crippen LogP contribution in [0.5, 0.6) is 5.75 Å². The minimum atomic E-state index is -0.230. The maximum atomic E-state index is 12.5. The van der Waals surface area contributed by atoms with Gasteiger partial charge in [-0.2, -0.15) is 0 Å². The normalized spacial score (nSPS) is 15.1. The molecular weight excluding hydrogens is 380 g/mol. The van der Waals surface area contributed by atoms with Gasteiger partial charge < -0.3 is 15.4 Å². The van der Waals surface area contributed by atoms with Crippen LogP contribution in [0.4, 0.5) is 5.69 Å². The molecule has 0 fully saturated rings. The highest BCUT2D eigenvalue weighted by atomic mass is 16.5. The molecule has 0 spiro atoms. The number of hydrogen-bond donors (Lipinski definition) is 2. The third kappa shape index (κ3) is 5.47. The molecule has 158 valence electrons. The molecule has 2 aromatic rings. The first-order valence-corrected chi connectivity index (χ1v) is 10.4. The molecule has 2 aromatic carbocycles. The predicted molar refractivity (Wildman–Crippen MR) is 116 cm³/mol. The Bertz CT molecular complexity index is 939. The molecule has 1 unspecified atom stereocenters. The van der Waals surface area contributed by atoms with Crippen molar-refractivity contribution < 1.29 is 19.1 Å². The standard InChI is InChI=1S/C24H28N2O4/c1-3-7-23(28)25-18-12-13-22(20(14-18)16(2)27)30-15-24(29)26-21-11-6-9-17-8-4-5-10-19(17)21/h4-5,8,10,12-14,21H,3,6-7,9,11,15H2,1-2H3,(H,25,28)(H,26,29). The molecule has 1 aliphatic rings. The number of ether oxygens (including phenoxy) is 1. The lowest BCUT2D eigenvalue weighted by atomic mass is 9.88. The van der Waals surface area contributed by atoms with Crippen molar-refractivity contribution in [2.45, 2.75) is 52.0 Å². The maximum absolute atomic E-state index is 12.5. The summed E-state index contributed by atoms with van der Waals surface area (Å²) in [6, 6.07) is 13.0. The summed E-state index contributed by atoms with van der Waals surface area (Å²) < 4.78 is 5.65. The summed E-state index contributed by atoms with van der Waals surface area (Å²) in [5.41, 5.74) is 3.30. The van der Waals surface area contributed by atoms with Crippen molar-refractivity contribution in [3.8, 4) is 5.75 Å². The number of ketones is 1. The number of fused-ring (bicyclic) bond motifs is 1. The minimum Gasteiger partial charge on any atom is -0.483 e. The Labute approximate surface area is 177 Å². The van der Waals surface area contributed by atoms with E-state index in [4.69, 9.17) is 4.74 Å². The van der Waals surface area contributed by atoms with Crippen LogP contribution in [0, 0.1) is 0 Å². The van der Waals surface area contributed by atoms with Crippen molar-refractivity contribution in [2.75, 3.05) is 11.9 Å². The van der Waals surface area contributed by atoms with E-state index in [9.17, 15) is 14.4 Å². The SMILES string of the molecule is CCCC(=O)Nc1ccc(OCC(=O)NC2CCCc3ccccc32)c(C(C)=O)c1. The predicted octanol–water partition coefficient (Wildman–Crippen LogP) is 4.20. The van der Waals surface area contributed by atoms with Gasteiger partial charge in [0.1, 0.15) is 5.75 Å². The molecule has 0 radical (unpaired) electrons. The summed E-state index contributed by atoms with van der Waals surface area (Å²) in [6.07, 6.45) is 4.11. The third-order valence-corrected chi connectivity index (χ3v) is 5.18. The van der Waals surface area contributed by atoms with E-state index in [-0.39, 0.29) is 30.2 Å². The van der Waals surface area contributed by atoms with Crippen molar-refractivity contribution in [1.82, 2.24) is 5.32 Å². The van der Waals surface area contributed by atoms with E-state index in [2.05, 4.69) is 22.8 Å². The molecular formula is C24H28N2O4. The summed E-state index contributed by atoms with van der Waals surface area (Å²) >= 11 is 0. The highest BCUT2D eigenvalue weighted by Gasteiger charge is 2.22. The molecule has 6 nitrogen and oxygen atoms in total. The van der Waals surface area contributed by atoms with E-state index in [0.717, 1.165) is 31.2 Å². The quantitative estimate of drug-likeness (QED) is 0.641. The monoisotopic (exact) mass is 408 g/mol. The Morgan fingerprint density at radius 1 is 1.10 bits per heavy atom. The molecule has 0 aromatic heterocycles. The molecule has 0 heterocycles. The van der Waals surface area contributed by atoms with Crippen LogP contribution in [0.25, 0.3) is 0 Å². The van der Waals surface area contributed by atoms with Gasteiger partial charge in [-0.15, -0.1) is 0 Å². The summed E-state index contributed by atoms with van der Waals surface area (Å²) in [5, 5.41) is 5.81. The van der Waals surface area contributed by atoms with Gasteiger partial charge in [-0.1, -0.05) is 31.2 Å². The van der Waals surface area contributed by atoms with Crippen LogP contribution in [0.2, 0.25) is 0 Å². The molecule has 0 aliphatic heterocycles. The topological polar surface area (TPSA) is 84.5 Å². The molecule has 6 heteroatoms. The lowest BCUT2D eigenvalue weighted by Crippen LogP contribution is -2.34. The number of carbonyl (C=O) groups is 3. The molecule has 0 bridgehead atoms. The number of anilines is 1. The Morgan fingerprint density at radius 2 is 1.90 bits per heavy atom. The second-order valence-corrected chi connectivity index (χ2v) is 7.57. The Balaban J connectivity index is 1.63. The van der Waals surface area contributed by atoms with E-state index < -0.39 is 0 Å². The second-order valence-electron chi connectivity index (χ2n) is 7.57. The second kappa shape index (κ2) is 10.1. The fourth-order valence-corrected chi connectivity index (χ4v) is 3.74. The van der Waals surface area contributed by atoms with Gasteiger partial charge >= 0.3 is 0 Å². The number of nitrogens with one attached hydrogen (secondary N) is 2. The molecule has 30 heavy (non-hydrogen) atoms. The zero-order valence-corrected chi connectivity index (χ0v) is 17.5. The number of carbonyl (C=O) groups excluding carboxylic acids is 3. The third-order valence-electron chi connectivity index (χ3n) is 5.18. The van der Waals surface area contributed by atoms with Gasteiger partial charge in [-0.05, 0) is 61.9 Å². The minimum absolute atomic E-state index is 0.0190. The number of Topliss-reactive ketones (excluding diaryl/α,β-unsaturated/α-hetero) is 1. The van der Waals surface area contributed by atoms with Crippen LogP contribution < -0.4 is 15.4 Å². The number of benzene rings is 2. The molecule has 2 N–H and O–H groups in total. The van der Waals surface area contributed by atoms with Crippen LogP contribution in [-0.2, 0) is 16.0 Å². The smallest absolute Gasteiger partial charge is 0.258 e. The molecule has 0 saturated heterocycles. The van der Waals surface area contributed by atoms with Crippen molar-refractivity contribution in [3.05, 3.63) is 59.2 Å². The Hall–Kier alpha value is -3.15. The first-order valence-electron chi connectivity index (χ1n) is 10.4.